The predicted molar refractivity (Wildman–Crippen MR) is 124 cm³/mol. The molecule has 8 nitrogen and oxygen atoms in total. The molecule has 2 aliphatic rings. The fraction of sp³-hybridized carbons (Fsp3) is 0.542. The Morgan fingerprint density at radius 1 is 1.12 bits per heavy atom. The normalized spacial score (nSPS) is 21.1. The van der Waals surface area contributed by atoms with E-state index >= 15 is 0 Å². The van der Waals surface area contributed by atoms with Crippen LogP contribution in [0.4, 0.5) is 0 Å². The second kappa shape index (κ2) is 11.5. The van der Waals surface area contributed by atoms with Gasteiger partial charge in [0.15, 0.2) is 0 Å². The molecule has 2 atom stereocenters. The Balaban J connectivity index is 1.38. The average Bonchev–Trinajstić information content (AvgIpc) is 3.34. The number of benzene rings is 1. The van der Waals surface area contributed by atoms with Crippen molar-refractivity contribution in [2.24, 2.45) is 5.92 Å². The van der Waals surface area contributed by atoms with Crippen molar-refractivity contribution in [1.82, 2.24) is 19.6 Å². The van der Waals surface area contributed by atoms with Gasteiger partial charge >= 0.3 is 0 Å². The molecule has 0 bridgehead atoms. The summed E-state index contributed by atoms with van der Waals surface area (Å²) in [4.78, 5) is 29.6. The van der Waals surface area contributed by atoms with E-state index in [2.05, 4.69) is 5.10 Å². The summed E-state index contributed by atoms with van der Waals surface area (Å²) in [5.74, 6) is 0.821. The number of aromatic nitrogens is 2. The number of amides is 2. The molecule has 2 aromatic rings. The van der Waals surface area contributed by atoms with E-state index in [1.807, 2.05) is 38.9 Å². The number of hydrogen-bond donors (Lipinski definition) is 0. The molecule has 0 unspecified atom stereocenters. The van der Waals surface area contributed by atoms with Gasteiger partial charge < -0.3 is 19.3 Å². The van der Waals surface area contributed by atoms with Crippen LogP contribution in [0.15, 0.2) is 42.7 Å². The summed E-state index contributed by atoms with van der Waals surface area (Å²) < 4.78 is 13.5. The van der Waals surface area contributed by atoms with Gasteiger partial charge in [-0.2, -0.15) is 5.10 Å². The summed E-state index contributed by atoms with van der Waals surface area (Å²) >= 11 is 6.12. The summed E-state index contributed by atoms with van der Waals surface area (Å²) in [5, 5.41) is 4.79. The smallest absolute Gasteiger partial charge is 0.223 e. The molecule has 2 fully saturated rings. The van der Waals surface area contributed by atoms with E-state index in [-0.39, 0.29) is 23.8 Å². The highest BCUT2D eigenvalue weighted by molar-refractivity contribution is 6.30. The van der Waals surface area contributed by atoms with Crippen molar-refractivity contribution >= 4 is 23.4 Å². The fourth-order valence-corrected chi connectivity index (χ4v) is 4.63. The van der Waals surface area contributed by atoms with E-state index in [4.69, 9.17) is 21.1 Å². The van der Waals surface area contributed by atoms with E-state index in [1.54, 1.807) is 18.3 Å². The van der Waals surface area contributed by atoms with Crippen LogP contribution in [0, 0.1) is 5.92 Å². The maximum Gasteiger partial charge on any atom is 0.223 e. The van der Waals surface area contributed by atoms with Crippen LogP contribution in [0.2, 0.25) is 5.02 Å². The number of piperidine rings is 1. The van der Waals surface area contributed by atoms with E-state index in [9.17, 15) is 9.59 Å². The lowest BCUT2D eigenvalue weighted by Gasteiger charge is -2.39. The van der Waals surface area contributed by atoms with Crippen molar-refractivity contribution in [3.63, 3.8) is 0 Å². The highest BCUT2D eigenvalue weighted by Gasteiger charge is 2.35. The number of aryl methyl sites for hydroxylation is 1. The lowest BCUT2D eigenvalue weighted by Crippen LogP contribution is -2.50. The minimum absolute atomic E-state index is 0.0804. The molecule has 0 N–H and O–H groups in total. The molecule has 178 valence electrons. The molecule has 0 radical (unpaired) electrons. The van der Waals surface area contributed by atoms with Crippen molar-refractivity contribution in [2.45, 2.75) is 38.3 Å². The van der Waals surface area contributed by atoms with Crippen LogP contribution < -0.4 is 4.74 Å². The number of rotatable bonds is 8. The number of carbonyl (C=O) groups is 2. The fourth-order valence-electron chi connectivity index (χ4n) is 4.45. The van der Waals surface area contributed by atoms with Gasteiger partial charge in [-0.1, -0.05) is 17.7 Å². The molecule has 1 aromatic carbocycles. The van der Waals surface area contributed by atoms with Gasteiger partial charge in [-0.15, -0.1) is 0 Å². The lowest BCUT2D eigenvalue weighted by atomic mass is 9.90. The van der Waals surface area contributed by atoms with Gasteiger partial charge in [0.25, 0.3) is 0 Å². The van der Waals surface area contributed by atoms with Crippen molar-refractivity contribution in [3.05, 3.63) is 47.7 Å². The summed E-state index contributed by atoms with van der Waals surface area (Å²) in [5.41, 5.74) is 0. The molecule has 33 heavy (non-hydrogen) atoms. The quantitative estimate of drug-likeness (QED) is 0.588. The summed E-state index contributed by atoms with van der Waals surface area (Å²) in [6, 6.07) is 9.19. The van der Waals surface area contributed by atoms with Gasteiger partial charge in [0, 0.05) is 75.3 Å². The first kappa shape index (κ1) is 23.6. The molecular weight excluding hydrogens is 444 g/mol. The Labute approximate surface area is 199 Å². The third-order valence-corrected chi connectivity index (χ3v) is 6.47. The van der Waals surface area contributed by atoms with Crippen LogP contribution >= 0.6 is 11.6 Å². The minimum atomic E-state index is -0.151. The Bertz CT molecular complexity index is 917. The average molecular weight is 475 g/mol. The molecule has 2 amide bonds. The number of carbonyl (C=O) groups excluding carboxylic acids is 2. The van der Waals surface area contributed by atoms with Crippen LogP contribution in [0.3, 0.4) is 0 Å². The van der Waals surface area contributed by atoms with E-state index in [1.165, 1.54) is 0 Å². The van der Waals surface area contributed by atoms with Gasteiger partial charge in [-0.3, -0.25) is 14.3 Å². The zero-order valence-corrected chi connectivity index (χ0v) is 19.5. The first-order valence-electron chi connectivity index (χ1n) is 11.6. The molecular formula is C24H31ClN4O4. The Hall–Kier alpha value is -2.58. The van der Waals surface area contributed by atoms with Gasteiger partial charge in [0.1, 0.15) is 11.9 Å². The van der Waals surface area contributed by atoms with Crippen LogP contribution in [0.25, 0.3) is 0 Å². The Kier molecular flexibility index (Phi) is 8.23. The number of ether oxygens (including phenoxy) is 2. The molecule has 0 spiro atoms. The number of morpholine rings is 1. The Morgan fingerprint density at radius 3 is 2.73 bits per heavy atom. The van der Waals surface area contributed by atoms with Gasteiger partial charge in [-0.05, 0) is 30.7 Å². The van der Waals surface area contributed by atoms with Crippen LogP contribution in [0.1, 0.15) is 25.7 Å². The topological polar surface area (TPSA) is 76.9 Å². The molecule has 2 saturated heterocycles. The highest BCUT2D eigenvalue weighted by Crippen LogP contribution is 2.28. The monoisotopic (exact) mass is 474 g/mol. The van der Waals surface area contributed by atoms with Gasteiger partial charge in [-0.25, -0.2) is 0 Å². The van der Waals surface area contributed by atoms with E-state index in [0.717, 1.165) is 6.42 Å². The van der Waals surface area contributed by atoms with Crippen LogP contribution in [-0.2, 0) is 20.9 Å². The number of likely N-dealkylation sites (tertiary alicyclic amines) is 1. The lowest BCUT2D eigenvalue weighted by molar-refractivity contribution is -0.141. The second-order valence-electron chi connectivity index (χ2n) is 8.57. The first-order chi connectivity index (χ1) is 16.1. The maximum atomic E-state index is 13.0. The van der Waals surface area contributed by atoms with Gasteiger partial charge in [0.2, 0.25) is 11.8 Å². The van der Waals surface area contributed by atoms with Crippen molar-refractivity contribution < 1.29 is 19.1 Å². The van der Waals surface area contributed by atoms with Crippen molar-refractivity contribution in [3.8, 4) is 5.75 Å². The minimum Gasteiger partial charge on any atom is -0.490 e. The van der Waals surface area contributed by atoms with E-state index in [0.29, 0.717) is 76.0 Å². The zero-order chi connectivity index (χ0) is 23.0. The van der Waals surface area contributed by atoms with Crippen LogP contribution in [0.5, 0.6) is 5.75 Å². The molecule has 3 heterocycles. The standard InChI is InChI=1S/C24H31ClN4O4/c25-20-4-1-5-21(17-20)33-22-7-11-28(23(30)6-2-9-29-10-3-8-26-29)18-19(22)16-24(31)27-12-14-32-15-13-27/h1,3-5,8,10,17,19,22H,2,6-7,9,11-16,18H2/t19-,22-/m0/s1. The SMILES string of the molecule is O=C(C[C@H]1CN(C(=O)CCCn2cccn2)CC[C@@H]1Oc1cccc(Cl)c1)N1CCOCC1. The van der Waals surface area contributed by atoms with E-state index < -0.39 is 0 Å². The number of nitrogens with zero attached hydrogens (tertiary/aromatic N) is 4. The van der Waals surface area contributed by atoms with Crippen LogP contribution in [-0.4, -0.2) is 76.9 Å². The highest BCUT2D eigenvalue weighted by atomic mass is 35.5. The molecule has 4 rings (SSSR count). The number of hydrogen-bond acceptors (Lipinski definition) is 5. The largest absolute Gasteiger partial charge is 0.490 e. The Morgan fingerprint density at radius 2 is 1.97 bits per heavy atom. The number of halogens is 1. The summed E-state index contributed by atoms with van der Waals surface area (Å²) in [7, 11) is 0. The second-order valence-corrected chi connectivity index (χ2v) is 9.01. The van der Waals surface area contributed by atoms with Crippen molar-refractivity contribution in [1.29, 1.82) is 0 Å². The molecule has 0 saturated carbocycles. The summed E-state index contributed by atoms with van der Waals surface area (Å²) in [6.07, 6.45) is 5.71. The van der Waals surface area contributed by atoms with Crippen molar-refractivity contribution in [2.75, 3.05) is 39.4 Å². The molecule has 9 heteroatoms. The van der Waals surface area contributed by atoms with Gasteiger partial charge in [0.05, 0.1) is 13.2 Å². The first-order valence-corrected chi connectivity index (χ1v) is 12.0. The molecule has 2 aliphatic heterocycles. The summed E-state index contributed by atoms with van der Waals surface area (Å²) in [6.45, 7) is 4.21. The molecule has 1 aromatic heterocycles. The third-order valence-electron chi connectivity index (χ3n) is 6.24. The zero-order valence-electron chi connectivity index (χ0n) is 18.8. The predicted octanol–water partition coefficient (Wildman–Crippen LogP) is 2.86. The molecule has 0 aliphatic carbocycles. The maximum absolute atomic E-state index is 13.0. The third kappa shape index (κ3) is 6.71.